The van der Waals surface area contributed by atoms with E-state index in [2.05, 4.69) is 0 Å². The number of carbonyl (C=O) groups is 1. The molecular formula is C16H22ClNO3. The molecule has 0 radical (unpaired) electrons. The number of rotatable bonds is 6. The number of hydrogen-bond donors (Lipinski definition) is 0. The fourth-order valence-corrected chi connectivity index (χ4v) is 2.11. The van der Waals surface area contributed by atoms with Gasteiger partial charge in [0.2, 0.25) is 5.91 Å². The monoisotopic (exact) mass is 311 g/mol. The van der Waals surface area contributed by atoms with Crippen molar-refractivity contribution in [3.05, 3.63) is 28.8 Å². The molecule has 1 aromatic carbocycles. The minimum absolute atomic E-state index is 0.0461. The van der Waals surface area contributed by atoms with Crippen molar-refractivity contribution in [1.82, 2.24) is 4.90 Å². The van der Waals surface area contributed by atoms with Crippen LogP contribution in [0.25, 0.3) is 6.08 Å². The van der Waals surface area contributed by atoms with Crippen molar-refractivity contribution in [2.75, 3.05) is 21.3 Å². The summed E-state index contributed by atoms with van der Waals surface area (Å²) in [5.74, 6) is 0.974. The highest BCUT2D eigenvalue weighted by molar-refractivity contribution is 6.32. The molecule has 1 atom stereocenters. The van der Waals surface area contributed by atoms with E-state index in [1.165, 1.54) is 13.2 Å². The maximum atomic E-state index is 12.0. The third-order valence-corrected chi connectivity index (χ3v) is 3.75. The molecule has 0 spiro atoms. The largest absolute Gasteiger partial charge is 0.493 e. The Balaban J connectivity index is 2.95. The minimum Gasteiger partial charge on any atom is -0.493 e. The van der Waals surface area contributed by atoms with Gasteiger partial charge in [-0.25, -0.2) is 0 Å². The summed E-state index contributed by atoms with van der Waals surface area (Å²) in [5.41, 5.74) is 0.781. The standard InChI is InChI=1S/C16H22ClNO3/c1-6-11(2)18(3)15(19)8-7-12-9-13(17)16(21-5)14(10-12)20-4/h7-11H,6H2,1-5H3. The van der Waals surface area contributed by atoms with Gasteiger partial charge in [-0.05, 0) is 37.1 Å². The minimum atomic E-state index is -0.0461. The zero-order valence-corrected chi connectivity index (χ0v) is 13.9. The molecule has 0 fully saturated rings. The van der Waals surface area contributed by atoms with E-state index < -0.39 is 0 Å². The molecule has 0 aliphatic carbocycles. The molecule has 0 heterocycles. The Bertz CT molecular complexity index is 528. The van der Waals surface area contributed by atoms with Crippen LogP contribution in [0.15, 0.2) is 18.2 Å². The summed E-state index contributed by atoms with van der Waals surface area (Å²) in [7, 11) is 4.87. The quantitative estimate of drug-likeness (QED) is 0.753. The van der Waals surface area contributed by atoms with E-state index in [1.807, 2.05) is 13.8 Å². The summed E-state index contributed by atoms with van der Waals surface area (Å²) in [6.07, 6.45) is 4.16. The first-order valence-corrected chi connectivity index (χ1v) is 7.18. The summed E-state index contributed by atoms with van der Waals surface area (Å²) in [6, 6.07) is 3.71. The molecule has 0 aromatic heterocycles. The van der Waals surface area contributed by atoms with Gasteiger partial charge in [0.15, 0.2) is 11.5 Å². The highest BCUT2D eigenvalue weighted by Crippen LogP contribution is 2.36. The van der Waals surface area contributed by atoms with E-state index >= 15 is 0 Å². The Morgan fingerprint density at radius 1 is 1.38 bits per heavy atom. The van der Waals surface area contributed by atoms with Crippen molar-refractivity contribution >= 4 is 23.6 Å². The zero-order chi connectivity index (χ0) is 16.0. The second-order valence-electron chi connectivity index (χ2n) is 4.78. The van der Waals surface area contributed by atoms with Crippen molar-refractivity contribution in [3.8, 4) is 11.5 Å². The smallest absolute Gasteiger partial charge is 0.246 e. The van der Waals surface area contributed by atoms with Crippen LogP contribution in [0.4, 0.5) is 0 Å². The van der Waals surface area contributed by atoms with Gasteiger partial charge in [0.1, 0.15) is 0 Å². The van der Waals surface area contributed by atoms with Gasteiger partial charge in [0.05, 0.1) is 19.2 Å². The molecule has 21 heavy (non-hydrogen) atoms. The molecule has 116 valence electrons. The molecule has 1 aromatic rings. The fraction of sp³-hybridized carbons (Fsp3) is 0.438. The molecule has 4 nitrogen and oxygen atoms in total. The van der Waals surface area contributed by atoms with Crippen LogP contribution in [0.1, 0.15) is 25.8 Å². The molecule has 5 heteroatoms. The van der Waals surface area contributed by atoms with Crippen LogP contribution in [0, 0.1) is 0 Å². The summed E-state index contributed by atoms with van der Waals surface area (Å²) in [5, 5.41) is 0.444. The first kappa shape index (κ1) is 17.4. The lowest BCUT2D eigenvalue weighted by Crippen LogP contribution is -2.33. The second-order valence-corrected chi connectivity index (χ2v) is 5.19. The fourth-order valence-electron chi connectivity index (χ4n) is 1.81. The Labute approximate surface area is 131 Å². The average Bonchev–Trinajstić information content (AvgIpc) is 2.50. The van der Waals surface area contributed by atoms with E-state index in [-0.39, 0.29) is 11.9 Å². The number of ether oxygens (including phenoxy) is 2. The van der Waals surface area contributed by atoms with Crippen LogP contribution in [-0.4, -0.2) is 38.1 Å². The Morgan fingerprint density at radius 3 is 2.57 bits per heavy atom. The Kier molecular flexibility index (Phi) is 6.56. The number of benzene rings is 1. The number of halogens is 1. The van der Waals surface area contributed by atoms with Crippen molar-refractivity contribution in [2.45, 2.75) is 26.3 Å². The van der Waals surface area contributed by atoms with E-state index in [0.29, 0.717) is 16.5 Å². The predicted molar refractivity (Wildman–Crippen MR) is 86.1 cm³/mol. The summed E-state index contributed by atoms with van der Waals surface area (Å²) in [4.78, 5) is 13.7. The number of nitrogens with zero attached hydrogens (tertiary/aromatic N) is 1. The van der Waals surface area contributed by atoms with Gasteiger partial charge < -0.3 is 14.4 Å². The lowest BCUT2D eigenvalue weighted by molar-refractivity contribution is -0.126. The molecule has 1 rings (SSSR count). The number of amides is 1. The number of carbonyl (C=O) groups excluding carboxylic acids is 1. The van der Waals surface area contributed by atoms with Crippen LogP contribution in [0.2, 0.25) is 5.02 Å². The van der Waals surface area contributed by atoms with Crippen molar-refractivity contribution in [2.24, 2.45) is 0 Å². The van der Waals surface area contributed by atoms with E-state index in [0.717, 1.165) is 12.0 Å². The number of methoxy groups -OCH3 is 2. The van der Waals surface area contributed by atoms with Crippen molar-refractivity contribution < 1.29 is 14.3 Å². The van der Waals surface area contributed by atoms with Crippen LogP contribution >= 0.6 is 11.6 Å². The van der Waals surface area contributed by atoms with E-state index in [4.69, 9.17) is 21.1 Å². The lowest BCUT2D eigenvalue weighted by atomic mass is 10.1. The van der Waals surface area contributed by atoms with Crippen LogP contribution in [-0.2, 0) is 4.79 Å². The summed E-state index contributed by atoms with van der Waals surface area (Å²) in [6.45, 7) is 4.06. The van der Waals surface area contributed by atoms with Crippen molar-refractivity contribution in [3.63, 3.8) is 0 Å². The van der Waals surface area contributed by atoms with E-state index in [9.17, 15) is 4.79 Å². The summed E-state index contributed by atoms with van der Waals surface area (Å²) < 4.78 is 10.4. The molecule has 1 amide bonds. The zero-order valence-electron chi connectivity index (χ0n) is 13.1. The number of likely N-dealkylation sites (N-methyl/N-ethyl adjacent to an activating group) is 1. The number of hydrogen-bond acceptors (Lipinski definition) is 3. The topological polar surface area (TPSA) is 38.8 Å². The molecule has 0 saturated heterocycles. The van der Waals surface area contributed by atoms with Gasteiger partial charge in [0.25, 0.3) is 0 Å². The SMILES string of the molecule is CCC(C)N(C)C(=O)C=Cc1cc(Cl)c(OC)c(OC)c1. The molecule has 1 unspecified atom stereocenters. The molecule has 0 saturated carbocycles. The van der Waals surface area contributed by atoms with Crippen LogP contribution < -0.4 is 9.47 Å². The van der Waals surface area contributed by atoms with Gasteiger partial charge in [-0.2, -0.15) is 0 Å². The third kappa shape index (κ3) is 4.39. The van der Waals surface area contributed by atoms with Gasteiger partial charge in [-0.1, -0.05) is 18.5 Å². The molecular weight excluding hydrogens is 290 g/mol. The van der Waals surface area contributed by atoms with Gasteiger partial charge >= 0.3 is 0 Å². The maximum absolute atomic E-state index is 12.0. The van der Waals surface area contributed by atoms with Gasteiger partial charge in [-0.15, -0.1) is 0 Å². The van der Waals surface area contributed by atoms with E-state index in [1.54, 1.807) is 37.3 Å². The first-order chi connectivity index (χ1) is 9.94. The third-order valence-electron chi connectivity index (χ3n) is 3.47. The van der Waals surface area contributed by atoms with Crippen LogP contribution in [0.5, 0.6) is 11.5 Å². The highest BCUT2D eigenvalue weighted by atomic mass is 35.5. The Hall–Kier alpha value is -1.68. The Morgan fingerprint density at radius 2 is 2.05 bits per heavy atom. The van der Waals surface area contributed by atoms with Crippen molar-refractivity contribution in [1.29, 1.82) is 0 Å². The lowest BCUT2D eigenvalue weighted by Gasteiger charge is -2.22. The molecule has 0 N–H and O–H groups in total. The highest BCUT2D eigenvalue weighted by Gasteiger charge is 2.12. The summed E-state index contributed by atoms with van der Waals surface area (Å²) >= 11 is 6.13. The second kappa shape index (κ2) is 7.93. The predicted octanol–water partition coefficient (Wildman–Crippen LogP) is 3.63. The first-order valence-electron chi connectivity index (χ1n) is 6.80. The van der Waals surface area contributed by atoms with Gasteiger partial charge in [0, 0.05) is 19.2 Å². The van der Waals surface area contributed by atoms with Gasteiger partial charge in [-0.3, -0.25) is 4.79 Å². The normalized spacial score (nSPS) is 12.3. The molecule has 0 bridgehead atoms. The molecule has 0 aliphatic heterocycles. The van der Waals surface area contributed by atoms with Crippen LogP contribution in [0.3, 0.4) is 0 Å². The average molecular weight is 312 g/mol. The maximum Gasteiger partial charge on any atom is 0.246 e. The molecule has 0 aliphatic rings.